The molecule has 0 saturated carbocycles. The second-order valence-electron chi connectivity index (χ2n) is 7.15. The maximum atomic E-state index is 12.4. The number of anilines is 1. The van der Waals surface area contributed by atoms with Crippen molar-refractivity contribution in [1.82, 2.24) is 0 Å². The lowest BCUT2D eigenvalue weighted by Crippen LogP contribution is -2.30. The summed E-state index contributed by atoms with van der Waals surface area (Å²) in [6.45, 7) is 12.2. The highest BCUT2D eigenvalue weighted by atomic mass is 16.5. The van der Waals surface area contributed by atoms with Crippen molar-refractivity contribution >= 4 is 11.6 Å². The third kappa shape index (κ3) is 5.66. The first-order valence-electron chi connectivity index (χ1n) is 8.71. The molecule has 0 spiro atoms. The summed E-state index contributed by atoms with van der Waals surface area (Å²) in [5, 5.41) is 2.84. The molecule has 0 bridgehead atoms. The quantitative estimate of drug-likeness (QED) is 0.716. The molecule has 2 rings (SSSR count). The predicted octanol–water partition coefficient (Wildman–Crippen LogP) is 4.95. The van der Waals surface area contributed by atoms with Crippen LogP contribution in [0.1, 0.15) is 33.3 Å². The lowest BCUT2D eigenvalue weighted by Gasteiger charge is -2.20. The molecule has 1 atom stereocenters. The van der Waals surface area contributed by atoms with E-state index in [-0.39, 0.29) is 11.3 Å². The van der Waals surface area contributed by atoms with Crippen LogP contribution in [0.4, 0.5) is 5.69 Å². The van der Waals surface area contributed by atoms with E-state index in [0.717, 1.165) is 0 Å². The van der Waals surface area contributed by atoms with Gasteiger partial charge in [0.05, 0.1) is 0 Å². The van der Waals surface area contributed by atoms with Crippen LogP contribution in [0.3, 0.4) is 0 Å². The van der Waals surface area contributed by atoms with Crippen molar-refractivity contribution in [3.63, 3.8) is 0 Å². The third-order valence-electron chi connectivity index (χ3n) is 3.87. The molecular formula is C22H27NO3. The van der Waals surface area contributed by atoms with Crippen LogP contribution < -0.4 is 14.8 Å². The minimum absolute atomic E-state index is 0.0835. The number of ether oxygens (including phenoxy) is 2. The van der Waals surface area contributed by atoms with Gasteiger partial charge >= 0.3 is 0 Å². The van der Waals surface area contributed by atoms with Gasteiger partial charge in [-0.05, 0) is 42.2 Å². The van der Waals surface area contributed by atoms with Gasteiger partial charge in [0.25, 0.3) is 5.91 Å². The highest BCUT2D eigenvalue weighted by Gasteiger charge is 2.17. The molecular weight excluding hydrogens is 326 g/mol. The molecule has 0 fully saturated rings. The summed E-state index contributed by atoms with van der Waals surface area (Å²) >= 11 is 0. The molecule has 1 N–H and O–H groups in total. The van der Waals surface area contributed by atoms with Crippen LogP contribution in [0.15, 0.2) is 61.2 Å². The molecule has 0 aliphatic heterocycles. The fraction of sp³-hybridized carbons (Fsp3) is 0.318. The Labute approximate surface area is 155 Å². The van der Waals surface area contributed by atoms with E-state index in [1.54, 1.807) is 19.1 Å². The Balaban J connectivity index is 1.96. The molecule has 4 nitrogen and oxygen atoms in total. The molecule has 2 aromatic rings. The summed E-state index contributed by atoms with van der Waals surface area (Å²) < 4.78 is 11.2. The van der Waals surface area contributed by atoms with Crippen molar-refractivity contribution in [2.24, 2.45) is 0 Å². The minimum Gasteiger partial charge on any atom is -0.489 e. The van der Waals surface area contributed by atoms with Crippen LogP contribution in [-0.4, -0.2) is 18.6 Å². The number of carbonyl (C=O) groups is 1. The topological polar surface area (TPSA) is 47.6 Å². The maximum absolute atomic E-state index is 12.4. The van der Waals surface area contributed by atoms with Gasteiger partial charge in [0.2, 0.25) is 0 Å². The SMILES string of the molecule is C=CCOc1cccc(NC(=O)[C@@H](C)Oc2ccc(C(C)(C)C)cc2)c1. The fourth-order valence-electron chi connectivity index (χ4n) is 2.35. The van der Waals surface area contributed by atoms with Gasteiger partial charge in [-0.1, -0.05) is 51.6 Å². The van der Waals surface area contributed by atoms with E-state index in [9.17, 15) is 4.79 Å². The van der Waals surface area contributed by atoms with E-state index in [0.29, 0.717) is 23.8 Å². The number of hydrogen-bond donors (Lipinski definition) is 1. The summed E-state index contributed by atoms with van der Waals surface area (Å²) in [5.74, 6) is 1.13. The van der Waals surface area contributed by atoms with Crippen molar-refractivity contribution in [3.8, 4) is 11.5 Å². The molecule has 0 heterocycles. The van der Waals surface area contributed by atoms with Gasteiger partial charge in [-0.3, -0.25) is 4.79 Å². The maximum Gasteiger partial charge on any atom is 0.265 e. The first kappa shape index (κ1) is 19.6. The van der Waals surface area contributed by atoms with E-state index in [2.05, 4.69) is 32.7 Å². The van der Waals surface area contributed by atoms with Crippen LogP contribution in [0.25, 0.3) is 0 Å². The average Bonchev–Trinajstić information content (AvgIpc) is 2.60. The zero-order valence-corrected chi connectivity index (χ0v) is 15.9. The Morgan fingerprint density at radius 2 is 1.85 bits per heavy atom. The molecule has 4 heteroatoms. The van der Waals surface area contributed by atoms with Crippen LogP contribution in [-0.2, 0) is 10.2 Å². The van der Waals surface area contributed by atoms with E-state index in [4.69, 9.17) is 9.47 Å². The molecule has 0 aromatic heterocycles. The number of carbonyl (C=O) groups excluding carboxylic acids is 1. The monoisotopic (exact) mass is 353 g/mol. The number of benzene rings is 2. The third-order valence-corrected chi connectivity index (χ3v) is 3.87. The Hall–Kier alpha value is -2.75. The van der Waals surface area contributed by atoms with Gasteiger partial charge < -0.3 is 14.8 Å². The summed E-state index contributed by atoms with van der Waals surface area (Å²) in [4.78, 5) is 12.4. The Morgan fingerprint density at radius 1 is 1.15 bits per heavy atom. The lowest BCUT2D eigenvalue weighted by atomic mass is 9.87. The van der Waals surface area contributed by atoms with Crippen LogP contribution >= 0.6 is 0 Å². The summed E-state index contributed by atoms with van der Waals surface area (Å²) in [7, 11) is 0. The van der Waals surface area contributed by atoms with Gasteiger partial charge in [-0.25, -0.2) is 0 Å². The second kappa shape index (κ2) is 8.56. The minimum atomic E-state index is -0.617. The van der Waals surface area contributed by atoms with E-state index in [1.165, 1.54) is 5.56 Å². The summed E-state index contributed by atoms with van der Waals surface area (Å²) in [6, 6.07) is 15.1. The van der Waals surface area contributed by atoms with E-state index < -0.39 is 6.10 Å². The molecule has 0 aliphatic carbocycles. The van der Waals surface area contributed by atoms with Crippen molar-refractivity contribution in [3.05, 3.63) is 66.7 Å². The van der Waals surface area contributed by atoms with Crippen LogP contribution in [0.5, 0.6) is 11.5 Å². The van der Waals surface area contributed by atoms with Crippen LogP contribution in [0.2, 0.25) is 0 Å². The fourth-order valence-corrected chi connectivity index (χ4v) is 2.35. The highest BCUT2D eigenvalue weighted by molar-refractivity contribution is 5.94. The molecule has 26 heavy (non-hydrogen) atoms. The van der Waals surface area contributed by atoms with Gasteiger partial charge in [-0.2, -0.15) is 0 Å². The number of amides is 1. The zero-order valence-electron chi connectivity index (χ0n) is 15.9. The van der Waals surface area contributed by atoms with Crippen molar-refractivity contribution in [2.45, 2.75) is 39.2 Å². The highest BCUT2D eigenvalue weighted by Crippen LogP contribution is 2.25. The van der Waals surface area contributed by atoms with E-state index >= 15 is 0 Å². The molecule has 2 aromatic carbocycles. The van der Waals surface area contributed by atoms with Gasteiger partial charge in [0, 0.05) is 11.8 Å². The first-order valence-corrected chi connectivity index (χ1v) is 8.71. The molecule has 0 radical (unpaired) electrons. The van der Waals surface area contributed by atoms with Gasteiger partial charge in [0.15, 0.2) is 6.10 Å². The molecule has 138 valence electrons. The van der Waals surface area contributed by atoms with Gasteiger partial charge in [-0.15, -0.1) is 0 Å². The van der Waals surface area contributed by atoms with Crippen LogP contribution in [0, 0.1) is 0 Å². The van der Waals surface area contributed by atoms with Crippen molar-refractivity contribution in [2.75, 3.05) is 11.9 Å². The van der Waals surface area contributed by atoms with Crippen molar-refractivity contribution in [1.29, 1.82) is 0 Å². The first-order chi connectivity index (χ1) is 12.3. The Bertz CT molecular complexity index is 745. The van der Waals surface area contributed by atoms with Gasteiger partial charge in [0.1, 0.15) is 18.1 Å². The molecule has 0 saturated heterocycles. The van der Waals surface area contributed by atoms with E-state index in [1.807, 2.05) is 42.5 Å². The number of hydrogen-bond acceptors (Lipinski definition) is 3. The average molecular weight is 353 g/mol. The lowest BCUT2D eigenvalue weighted by molar-refractivity contribution is -0.122. The normalized spacial score (nSPS) is 12.2. The number of rotatable bonds is 7. The standard InChI is InChI=1S/C22H27NO3/c1-6-14-25-20-9-7-8-18(15-20)23-21(24)16(2)26-19-12-10-17(11-13-19)22(3,4)5/h6-13,15-16H,1,14H2,2-5H3,(H,23,24)/t16-/m1/s1. The predicted molar refractivity (Wildman–Crippen MR) is 106 cm³/mol. The smallest absolute Gasteiger partial charge is 0.265 e. The largest absolute Gasteiger partial charge is 0.489 e. The Kier molecular flexibility index (Phi) is 6.45. The summed E-state index contributed by atoms with van der Waals surface area (Å²) in [6.07, 6.45) is 1.06. The summed E-state index contributed by atoms with van der Waals surface area (Å²) in [5.41, 5.74) is 1.97. The second-order valence-corrected chi connectivity index (χ2v) is 7.15. The van der Waals surface area contributed by atoms with Crippen molar-refractivity contribution < 1.29 is 14.3 Å². The zero-order chi connectivity index (χ0) is 19.2. The molecule has 0 aliphatic rings. The molecule has 1 amide bonds. The molecule has 0 unspecified atom stereocenters. The Morgan fingerprint density at radius 3 is 2.46 bits per heavy atom. The number of nitrogens with one attached hydrogen (secondary N) is 1.